The van der Waals surface area contributed by atoms with E-state index in [-0.39, 0.29) is 18.5 Å². The molecule has 9 heteroatoms. The lowest BCUT2D eigenvalue weighted by Crippen LogP contribution is -2.26. The Kier molecular flexibility index (Phi) is 8.47. The molecule has 0 radical (unpaired) electrons. The Morgan fingerprint density at radius 3 is 2.12 bits per heavy atom. The van der Waals surface area contributed by atoms with Crippen LogP contribution in [0.2, 0.25) is 0 Å². The van der Waals surface area contributed by atoms with E-state index in [0.29, 0.717) is 19.3 Å². The van der Waals surface area contributed by atoms with Crippen LogP contribution in [0, 0.1) is 17.3 Å². The maximum absolute atomic E-state index is 12.3. The van der Waals surface area contributed by atoms with Crippen molar-refractivity contribution >= 4 is 16.1 Å². The van der Waals surface area contributed by atoms with Crippen LogP contribution in [0.3, 0.4) is 0 Å². The fourth-order valence-electron chi connectivity index (χ4n) is 1.94. The molecular formula is C16H27F3O5S. The Bertz CT molecular complexity index is 561. The van der Waals surface area contributed by atoms with Crippen molar-refractivity contribution in [2.45, 2.75) is 59.4 Å². The first-order chi connectivity index (χ1) is 11.1. The van der Waals surface area contributed by atoms with E-state index in [0.717, 1.165) is 0 Å². The third-order valence-corrected chi connectivity index (χ3v) is 4.49. The average molecular weight is 388 g/mol. The van der Waals surface area contributed by atoms with Gasteiger partial charge in [0.2, 0.25) is 0 Å². The Morgan fingerprint density at radius 2 is 1.68 bits per heavy atom. The lowest BCUT2D eigenvalue weighted by molar-refractivity contribution is -0.153. The second kappa shape index (κ2) is 8.91. The summed E-state index contributed by atoms with van der Waals surface area (Å²) < 4.78 is 67.9. The van der Waals surface area contributed by atoms with Crippen molar-refractivity contribution in [3.05, 3.63) is 12.3 Å². The van der Waals surface area contributed by atoms with Crippen LogP contribution in [0.4, 0.5) is 13.2 Å². The first-order valence-corrected chi connectivity index (χ1v) is 9.35. The average Bonchev–Trinajstić information content (AvgIpc) is 2.40. The minimum Gasteiger partial charge on any atom is -0.465 e. The van der Waals surface area contributed by atoms with Crippen molar-refractivity contribution in [3.8, 4) is 0 Å². The third kappa shape index (κ3) is 8.60. The minimum atomic E-state index is -5.68. The lowest BCUT2D eigenvalue weighted by atomic mass is 9.93. The summed E-state index contributed by atoms with van der Waals surface area (Å²) in [5.74, 6) is -1.24. The molecular weight excluding hydrogens is 361 g/mol. The molecule has 148 valence electrons. The number of carbonyl (C=O) groups excluding carboxylic acids is 1. The highest BCUT2D eigenvalue weighted by molar-refractivity contribution is 7.87. The van der Waals surface area contributed by atoms with Crippen LogP contribution in [0.25, 0.3) is 0 Å². The van der Waals surface area contributed by atoms with E-state index < -0.39 is 32.7 Å². The van der Waals surface area contributed by atoms with Gasteiger partial charge >= 0.3 is 21.6 Å². The van der Waals surface area contributed by atoms with E-state index in [1.165, 1.54) is 0 Å². The molecule has 0 rings (SSSR count). The van der Waals surface area contributed by atoms with Crippen molar-refractivity contribution in [3.63, 3.8) is 0 Å². The molecule has 0 bridgehead atoms. The van der Waals surface area contributed by atoms with Crippen LogP contribution in [0.5, 0.6) is 0 Å². The molecule has 0 saturated heterocycles. The summed E-state index contributed by atoms with van der Waals surface area (Å²) >= 11 is 0. The largest absolute Gasteiger partial charge is 0.534 e. The first-order valence-electron chi connectivity index (χ1n) is 7.94. The molecule has 0 fully saturated rings. The van der Waals surface area contributed by atoms with Crippen LogP contribution in [-0.4, -0.2) is 26.5 Å². The molecule has 0 aromatic heterocycles. The molecule has 0 aromatic carbocycles. The predicted octanol–water partition coefficient (Wildman–Crippen LogP) is 4.40. The van der Waals surface area contributed by atoms with E-state index >= 15 is 0 Å². The van der Waals surface area contributed by atoms with Crippen molar-refractivity contribution < 1.29 is 35.3 Å². The van der Waals surface area contributed by atoms with E-state index in [9.17, 15) is 26.4 Å². The molecule has 2 unspecified atom stereocenters. The monoisotopic (exact) mass is 388 g/mol. The summed E-state index contributed by atoms with van der Waals surface area (Å²) in [6, 6.07) is 0. The predicted molar refractivity (Wildman–Crippen MR) is 87.8 cm³/mol. The first kappa shape index (κ1) is 23.8. The molecule has 0 aliphatic carbocycles. The summed E-state index contributed by atoms with van der Waals surface area (Å²) in [5, 5.41) is 0. The van der Waals surface area contributed by atoms with E-state index in [1.807, 2.05) is 6.92 Å². The molecule has 0 spiro atoms. The van der Waals surface area contributed by atoms with Crippen LogP contribution in [-0.2, 0) is 23.8 Å². The van der Waals surface area contributed by atoms with Crippen LogP contribution in [0.1, 0.15) is 53.9 Å². The fourth-order valence-corrected chi connectivity index (χ4v) is 2.48. The van der Waals surface area contributed by atoms with E-state index in [2.05, 4.69) is 10.8 Å². The summed E-state index contributed by atoms with van der Waals surface area (Å²) in [4.78, 5) is 11.6. The maximum atomic E-state index is 12.3. The number of allylic oxidation sites excluding steroid dienone is 1. The minimum absolute atomic E-state index is 0.0669. The normalized spacial score (nSPS) is 15.4. The van der Waals surface area contributed by atoms with Gasteiger partial charge in [-0.3, -0.25) is 4.79 Å². The van der Waals surface area contributed by atoms with Crippen LogP contribution >= 0.6 is 0 Å². The highest BCUT2D eigenvalue weighted by atomic mass is 32.2. The molecule has 0 aliphatic heterocycles. The Hall–Kier alpha value is -1.25. The SMILES string of the molecule is C=C(OS(=O)(=O)C(F)(F)F)C(C)CC(C)CCCOC(=O)C(C)(C)C. The second-order valence-corrected chi connectivity index (χ2v) is 8.76. The molecule has 0 aromatic rings. The number of ether oxygens (including phenoxy) is 1. The van der Waals surface area contributed by atoms with Crippen LogP contribution < -0.4 is 0 Å². The Balaban J connectivity index is 4.28. The summed E-state index contributed by atoms with van der Waals surface area (Å²) in [5.41, 5.74) is -6.04. The second-order valence-electron chi connectivity index (χ2n) is 7.22. The molecule has 5 nitrogen and oxygen atoms in total. The maximum Gasteiger partial charge on any atom is 0.534 e. The van der Waals surface area contributed by atoms with E-state index in [4.69, 9.17) is 4.74 Å². The number of esters is 1. The number of rotatable bonds is 9. The number of hydrogen-bond acceptors (Lipinski definition) is 5. The Morgan fingerprint density at radius 1 is 1.16 bits per heavy atom. The molecule has 0 amide bonds. The standard InChI is InChI=1S/C16H27F3O5S/c1-11(8-7-9-23-14(20)15(4,5)6)10-12(2)13(3)24-25(21,22)16(17,18)19/h11-12H,3,7-10H2,1-2,4-6H3. The van der Waals surface area contributed by atoms with Gasteiger partial charge in [-0.25, -0.2) is 0 Å². The topological polar surface area (TPSA) is 69.7 Å². The molecule has 0 aliphatic rings. The molecule has 25 heavy (non-hydrogen) atoms. The number of hydrogen-bond donors (Lipinski definition) is 0. The zero-order chi connectivity index (χ0) is 20.1. The van der Waals surface area contributed by atoms with Gasteiger partial charge in [-0.05, 0) is 46.0 Å². The van der Waals surface area contributed by atoms with Gasteiger partial charge in [-0.2, -0.15) is 21.6 Å². The smallest absolute Gasteiger partial charge is 0.465 e. The van der Waals surface area contributed by atoms with Crippen LogP contribution in [0.15, 0.2) is 12.3 Å². The van der Waals surface area contributed by atoms with Crippen molar-refractivity contribution in [2.24, 2.45) is 17.3 Å². The summed E-state index contributed by atoms with van der Waals surface area (Å²) in [7, 11) is -5.68. The summed E-state index contributed by atoms with van der Waals surface area (Å²) in [6.07, 6.45) is 1.67. The van der Waals surface area contributed by atoms with Crippen molar-refractivity contribution in [1.29, 1.82) is 0 Å². The molecule has 0 N–H and O–H groups in total. The van der Waals surface area contributed by atoms with Crippen molar-refractivity contribution in [1.82, 2.24) is 0 Å². The lowest BCUT2D eigenvalue weighted by Gasteiger charge is -2.20. The highest BCUT2D eigenvalue weighted by Crippen LogP contribution is 2.30. The number of halogens is 3. The van der Waals surface area contributed by atoms with Gasteiger partial charge in [0.05, 0.1) is 12.0 Å². The highest BCUT2D eigenvalue weighted by Gasteiger charge is 2.49. The fraction of sp³-hybridized carbons (Fsp3) is 0.812. The van der Waals surface area contributed by atoms with Gasteiger partial charge in [-0.1, -0.05) is 20.4 Å². The van der Waals surface area contributed by atoms with Gasteiger partial charge < -0.3 is 8.92 Å². The Labute approximate surface area is 147 Å². The van der Waals surface area contributed by atoms with Gasteiger partial charge in [0, 0.05) is 5.92 Å². The van der Waals surface area contributed by atoms with Crippen molar-refractivity contribution in [2.75, 3.05) is 6.61 Å². The molecule has 2 atom stereocenters. The van der Waals surface area contributed by atoms with E-state index in [1.54, 1.807) is 27.7 Å². The molecule has 0 saturated carbocycles. The number of alkyl halides is 3. The number of carbonyl (C=O) groups is 1. The summed E-state index contributed by atoms with van der Waals surface area (Å²) in [6.45, 7) is 12.2. The van der Waals surface area contributed by atoms with Gasteiger partial charge in [-0.15, -0.1) is 0 Å². The third-order valence-electron chi connectivity index (χ3n) is 3.49. The van der Waals surface area contributed by atoms with Gasteiger partial charge in [0.1, 0.15) is 5.76 Å². The zero-order valence-corrected chi connectivity index (χ0v) is 16.1. The molecule has 0 heterocycles. The van der Waals surface area contributed by atoms with Gasteiger partial charge in [0.25, 0.3) is 0 Å². The van der Waals surface area contributed by atoms with Gasteiger partial charge in [0.15, 0.2) is 0 Å². The quantitative estimate of drug-likeness (QED) is 0.193. The zero-order valence-electron chi connectivity index (χ0n) is 15.3.